The van der Waals surface area contributed by atoms with E-state index in [1.54, 1.807) is 12.1 Å². The van der Waals surface area contributed by atoms with Crippen molar-refractivity contribution >= 4 is 33.7 Å². The average molecular weight is 384 g/mol. The summed E-state index contributed by atoms with van der Waals surface area (Å²) >= 11 is 0. The second-order valence-electron chi connectivity index (χ2n) is 6.71. The number of para-hydroxylation sites is 1. The van der Waals surface area contributed by atoms with Crippen LogP contribution in [0.5, 0.6) is 0 Å². The van der Waals surface area contributed by atoms with Gasteiger partial charge in [-0.25, -0.2) is 4.68 Å². The molecule has 1 heterocycles. The van der Waals surface area contributed by atoms with Crippen molar-refractivity contribution in [1.82, 2.24) is 9.78 Å². The molecule has 29 heavy (non-hydrogen) atoms. The maximum Gasteiger partial charge on any atom is 0.275 e. The Balaban J connectivity index is 1.45. The number of benzene rings is 3. The van der Waals surface area contributed by atoms with Crippen molar-refractivity contribution < 1.29 is 4.79 Å². The predicted octanol–water partition coefficient (Wildman–Crippen LogP) is 4.09. The molecule has 1 aromatic heterocycles. The molecule has 4 rings (SSSR count). The third-order valence-electron chi connectivity index (χ3n) is 4.58. The molecule has 3 aromatic carbocycles. The quantitative estimate of drug-likeness (QED) is 0.543. The molecule has 6 heteroatoms. The SMILES string of the molecule is Cc1nn(CC(=O)Nc2ccc(Nc3ccccc3)cc2)c(=O)c2ccccc12. The Bertz CT molecular complexity index is 1220. The number of rotatable bonds is 5. The van der Waals surface area contributed by atoms with Crippen LogP contribution >= 0.6 is 0 Å². The fraction of sp³-hybridized carbons (Fsp3) is 0.0870. The third kappa shape index (κ3) is 4.16. The van der Waals surface area contributed by atoms with Crippen LogP contribution in [0.15, 0.2) is 83.7 Å². The lowest BCUT2D eigenvalue weighted by molar-refractivity contribution is -0.117. The topological polar surface area (TPSA) is 76.0 Å². The van der Waals surface area contributed by atoms with Gasteiger partial charge in [-0.15, -0.1) is 0 Å². The van der Waals surface area contributed by atoms with E-state index < -0.39 is 0 Å². The van der Waals surface area contributed by atoms with Crippen LogP contribution in [0, 0.1) is 6.92 Å². The van der Waals surface area contributed by atoms with Crippen molar-refractivity contribution in [1.29, 1.82) is 0 Å². The van der Waals surface area contributed by atoms with E-state index >= 15 is 0 Å². The lowest BCUT2D eigenvalue weighted by Crippen LogP contribution is -2.30. The first kappa shape index (κ1) is 18.4. The van der Waals surface area contributed by atoms with Crippen molar-refractivity contribution in [2.24, 2.45) is 0 Å². The number of carbonyl (C=O) groups is 1. The van der Waals surface area contributed by atoms with Gasteiger partial charge >= 0.3 is 0 Å². The molecule has 0 saturated carbocycles. The van der Waals surface area contributed by atoms with Gasteiger partial charge in [-0.2, -0.15) is 5.10 Å². The highest BCUT2D eigenvalue weighted by molar-refractivity contribution is 5.91. The van der Waals surface area contributed by atoms with E-state index in [0.717, 1.165) is 16.8 Å². The van der Waals surface area contributed by atoms with Gasteiger partial charge in [0.2, 0.25) is 5.91 Å². The first-order chi connectivity index (χ1) is 14.1. The molecule has 4 aromatic rings. The molecular weight excluding hydrogens is 364 g/mol. The zero-order valence-corrected chi connectivity index (χ0v) is 15.9. The molecule has 0 atom stereocenters. The van der Waals surface area contributed by atoms with Gasteiger partial charge in [0.15, 0.2) is 0 Å². The highest BCUT2D eigenvalue weighted by Crippen LogP contribution is 2.18. The van der Waals surface area contributed by atoms with Gasteiger partial charge in [0, 0.05) is 22.4 Å². The molecule has 0 saturated heterocycles. The summed E-state index contributed by atoms with van der Waals surface area (Å²) in [5.74, 6) is -0.307. The monoisotopic (exact) mass is 384 g/mol. The second kappa shape index (κ2) is 7.98. The molecule has 0 spiro atoms. The summed E-state index contributed by atoms with van der Waals surface area (Å²) in [7, 11) is 0. The molecule has 0 unspecified atom stereocenters. The number of aryl methyl sites for hydroxylation is 1. The Hall–Kier alpha value is -3.93. The van der Waals surface area contributed by atoms with Crippen LogP contribution in [0.4, 0.5) is 17.1 Å². The molecule has 0 fully saturated rings. The molecule has 0 aliphatic carbocycles. The molecule has 0 radical (unpaired) electrons. The minimum absolute atomic E-state index is 0.144. The lowest BCUT2D eigenvalue weighted by atomic mass is 10.1. The molecule has 0 aliphatic rings. The van der Waals surface area contributed by atoms with Crippen molar-refractivity contribution in [3.8, 4) is 0 Å². The van der Waals surface area contributed by atoms with Gasteiger partial charge in [0.1, 0.15) is 6.54 Å². The molecular formula is C23H20N4O2. The first-order valence-electron chi connectivity index (χ1n) is 9.28. The van der Waals surface area contributed by atoms with Gasteiger partial charge in [-0.3, -0.25) is 9.59 Å². The van der Waals surface area contributed by atoms with Crippen LogP contribution in [0.3, 0.4) is 0 Å². The van der Waals surface area contributed by atoms with Crippen LogP contribution in [-0.2, 0) is 11.3 Å². The molecule has 2 N–H and O–H groups in total. The number of aromatic nitrogens is 2. The first-order valence-corrected chi connectivity index (χ1v) is 9.28. The van der Waals surface area contributed by atoms with Gasteiger partial charge < -0.3 is 10.6 Å². The Morgan fingerprint density at radius 1 is 0.828 bits per heavy atom. The highest BCUT2D eigenvalue weighted by Gasteiger charge is 2.11. The van der Waals surface area contributed by atoms with Gasteiger partial charge in [-0.05, 0) is 49.4 Å². The zero-order chi connectivity index (χ0) is 20.2. The Labute approximate surface area is 167 Å². The van der Waals surface area contributed by atoms with E-state index in [9.17, 15) is 9.59 Å². The van der Waals surface area contributed by atoms with Crippen LogP contribution in [0.25, 0.3) is 10.8 Å². The summed E-state index contributed by atoms with van der Waals surface area (Å²) in [6.45, 7) is 1.68. The molecule has 0 bridgehead atoms. The minimum Gasteiger partial charge on any atom is -0.356 e. The standard InChI is InChI=1S/C23H20N4O2/c1-16-20-9-5-6-10-21(20)23(29)27(26-16)15-22(28)25-19-13-11-18(12-14-19)24-17-7-3-2-4-8-17/h2-14,24H,15H2,1H3,(H,25,28). The third-order valence-corrected chi connectivity index (χ3v) is 4.58. The van der Waals surface area contributed by atoms with Crippen molar-refractivity contribution in [2.45, 2.75) is 13.5 Å². The normalized spacial score (nSPS) is 10.7. The summed E-state index contributed by atoms with van der Waals surface area (Å²) in [6, 6.07) is 24.5. The smallest absolute Gasteiger partial charge is 0.275 e. The molecule has 1 amide bonds. The van der Waals surface area contributed by atoms with Crippen LogP contribution < -0.4 is 16.2 Å². The number of anilines is 3. The van der Waals surface area contributed by atoms with E-state index in [1.807, 2.05) is 73.7 Å². The fourth-order valence-corrected chi connectivity index (χ4v) is 3.17. The number of fused-ring (bicyclic) bond motifs is 1. The average Bonchev–Trinajstić information content (AvgIpc) is 2.74. The molecule has 144 valence electrons. The van der Waals surface area contributed by atoms with E-state index in [1.165, 1.54) is 4.68 Å². The maximum atomic E-state index is 12.6. The summed E-state index contributed by atoms with van der Waals surface area (Å²) in [6.07, 6.45) is 0. The van der Waals surface area contributed by atoms with Gasteiger partial charge in [0.25, 0.3) is 5.56 Å². The summed E-state index contributed by atoms with van der Waals surface area (Å²) < 4.78 is 1.21. The fourth-order valence-electron chi connectivity index (χ4n) is 3.17. The summed E-state index contributed by atoms with van der Waals surface area (Å²) in [4.78, 5) is 25.0. The van der Waals surface area contributed by atoms with Gasteiger partial charge in [-0.1, -0.05) is 36.4 Å². The number of amides is 1. The predicted molar refractivity (Wildman–Crippen MR) is 116 cm³/mol. The minimum atomic E-state index is -0.307. The van der Waals surface area contributed by atoms with Crippen LogP contribution in [-0.4, -0.2) is 15.7 Å². The van der Waals surface area contributed by atoms with Gasteiger partial charge in [0.05, 0.1) is 11.1 Å². The number of nitrogens with one attached hydrogen (secondary N) is 2. The largest absolute Gasteiger partial charge is 0.356 e. The summed E-state index contributed by atoms with van der Waals surface area (Å²) in [5.41, 5.74) is 2.99. The molecule has 0 aliphatic heterocycles. The van der Waals surface area contributed by atoms with E-state index in [2.05, 4.69) is 15.7 Å². The van der Waals surface area contributed by atoms with E-state index in [-0.39, 0.29) is 18.0 Å². The summed E-state index contributed by atoms with van der Waals surface area (Å²) in [5, 5.41) is 11.7. The van der Waals surface area contributed by atoms with E-state index in [4.69, 9.17) is 0 Å². The number of hydrogen-bond acceptors (Lipinski definition) is 4. The highest BCUT2D eigenvalue weighted by atomic mass is 16.2. The van der Waals surface area contributed by atoms with Crippen molar-refractivity contribution in [3.63, 3.8) is 0 Å². The van der Waals surface area contributed by atoms with E-state index in [0.29, 0.717) is 16.8 Å². The maximum absolute atomic E-state index is 12.6. The number of nitrogens with zero attached hydrogens (tertiary/aromatic N) is 2. The van der Waals surface area contributed by atoms with Crippen LogP contribution in [0.1, 0.15) is 5.69 Å². The Kier molecular flexibility index (Phi) is 5.07. The zero-order valence-electron chi connectivity index (χ0n) is 15.9. The Morgan fingerprint density at radius 2 is 1.41 bits per heavy atom. The molecule has 6 nitrogen and oxygen atoms in total. The lowest BCUT2D eigenvalue weighted by Gasteiger charge is -2.10. The van der Waals surface area contributed by atoms with Crippen LogP contribution in [0.2, 0.25) is 0 Å². The van der Waals surface area contributed by atoms with Crippen molar-refractivity contribution in [3.05, 3.63) is 94.9 Å². The Morgan fingerprint density at radius 3 is 2.14 bits per heavy atom. The number of carbonyl (C=O) groups excluding carboxylic acids is 1. The van der Waals surface area contributed by atoms with Crippen molar-refractivity contribution in [2.75, 3.05) is 10.6 Å². The second-order valence-corrected chi connectivity index (χ2v) is 6.71. The number of hydrogen-bond donors (Lipinski definition) is 2.